The Bertz CT molecular complexity index is 294. The molecule has 1 amide bonds. The summed E-state index contributed by atoms with van der Waals surface area (Å²) in [5.41, 5.74) is 7.88. The van der Waals surface area contributed by atoms with Crippen LogP contribution in [0.25, 0.3) is 0 Å². The third-order valence-electron chi connectivity index (χ3n) is 1.48. The summed E-state index contributed by atoms with van der Waals surface area (Å²) in [6, 6.07) is 7.08. The molecule has 3 nitrogen and oxygen atoms in total. The highest BCUT2D eigenvalue weighted by atomic mass is 16.1. The van der Waals surface area contributed by atoms with Crippen molar-refractivity contribution in [2.24, 2.45) is 5.11 Å². The van der Waals surface area contributed by atoms with E-state index in [1.807, 2.05) is 19.1 Å². The van der Waals surface area contributed by atoms with Gasteiger partial charge in [0, 0.05) is 5.56 Å². The minimum atomic E-state index is -0.483. The van der Waals surface area contributed by atoms with Crippen molar-refractivity contribution in [2.45, 2.75) is 6.92 Å². The van der Waals surface area contributed by atoms with E-state index in [9.17, 15) is 4.79 Å². The Morgan fingerprint density at radius 2 is 2.09 bits per heavy atom. The quantitative estimate of drug-likeness (QED) is 0.609. The lowest BCUT2D eigenvalue weighted by Gasteiger charge is -1.96. The summed E-state index contributed by atoms with van der Waals surface area (Å²) in [6.45, 7) is 1.82. The fourth-order valence-corrected chi connectivity index (χ4v) is 0.873. The molecule has 0 atom stereocenters. The summed E-state index contributed by atoms with van der Waals surface area (Å²) in [5, 5.41) is 2.83. The molecule has 11 heavy (non-hydrogen) atoms. The first-order valence-corrected chi connectivity index (χ1v) is 3.23. The molecule has 0 spiro atoms. The summed E-state index contributed by atoms with van der Waals surface area (Å²) >= 11 is 0. The van der Waals surface area contributed by atoms with Gasteiger partial charge in [0.05, 0.1) is 0 Å². The van der Waals surface area contributed by atoms with Gasteiger partial charge in [-0.1, -0.05) is 18.2 Å². The molecular formula is C8H8N2O. The van der Waals surface area contributed by atoms with Gasteiger partial charge in [0.15, 0.2) is 0 Å². The number of carbonyl (C=O) groups is 1. The van der Waals surface area contributed by atoms with Gasteiger partial charge >= 0.3 is 0 Å². The monoisotopic (exact) mass is 148 g/mol. The van der Waals surface area contributed by atoms with Crippen molar-refractivity contribution in [3.8, 4) is 0 Å². The molecule has 1 aromatic carbocycles. The molecule has 0 saturated carbocycles. The first-order valence-electron chi connectivity index (χ1n) is 3.23. The van der Waals surface area contributed by atoms with Crippen molar-refractivity contribution >= 4 is 5.91 Å². The molecule has 0 unspecified atom stereocenters. The highest BCUT2D eigenvalue weighted by molar-refractivity contribution is 5.95. The van der Waals surface area contributed by atoms with Crippen molar-refractivity contribution < 1.29 is 4.79 Å². The zero-order chi connectivity index (χ0) is 8.27. The Hall–Kier alpha value is -1.51. The number of nitrogens with one attached hydrogen (secondary N) is 1. The molecule has 56 valence electrons. The molecule has 0 aliphatic heterocycles. The maximum atomic E-state index is 10.9. The van der Waals surface area contributed by atoms with Gasteiger partial charge in [-0.25, -0.2) is 5.53 Å². The summed E-state index contributed by atoms with van der Waals surface area (Å²) in [5.74, 6) is -0.483. The fourth-order valence-electron chi connectivity index (χ4n) is 0.873. The topological polar surface area (TPSA) is 53.3 Å². The summed E-state index contributed by atoms with van der Waals surface area (Å²) in [6.07, 6.45) is 0. The molecule has 0 aliphatic rings. The number of carbonyl (C=O) groups excluding carboxylic acids is 1. The maximum Gasteiger partial charge on any atom is 0.295 e. The molecule has 0 fully saturated rings. The average molecular weight is 148 g/mol. The van der Waals surface area contributed by atoms with Crippen LogP contribution in [-0.4, -0.2) is 5.91 Å². The number of amides is 1. The van der Waals surface area contributed by atoms with E-state index in [2.05, 4.69) is 5.11 Å². The third-order valence-corrected chi connectivity index (χ3v) is 1.48. The van der Waals surface area contributed by atoms with E-state index in [-0.39, 0.29) is 0 Å². The number of hydrogen-bond acceptors (Lipinski definition) is 2. The van der Waals surface area contributed by atoms with Crippen molar-refractivity contribution in [3.63, 3.8) is 0 Å². The highest BCUT2D eigenvalue weighted by Crippen LogP contribution is 2.07. The second kappa shape index (κ2) is 3.05. The Morgan fingerprint density at radius 3 is 2.64 bits per heavy atom. The van der Waals surface area contributed by atoms with Gasteiger partial charge < -0.3 is 0 Å². The van der Waals surface area contributed by atoms with Crippen LogP contribution in [0.4, 0.5) is 0 Å². The highest BCUT2D eigenvalue weighted by Gasteiger charge is 2.04. The van der Waals surface area contributed by atoms with E-state index in [1.165, 1.54) is 0 Å². The van der Waals surface area contributed by atoms with E-state index in [1.54, 1.807) is 12.1 Å². The van der Waals surface area contributed by atoms with Crippen LogP contribution in [0.5, 0.6) is 0 Å². The van der Waals surface area contributed by atoms with Crippen molar-refractivity contribution in [3.05, 3.63) is 35.4 Å². The lowest BCUT2D eigenvalue weighted by atomic mass is 10.1. The van der Waals surface area contributed by atoms with E-state index < -0.39 is 5.91 Å². The fraction of sp³-hybridized carbons (Fsp3) is 0.125. The maximum absolute atomic E-state index is 10.9. The van der Waals surface area contributed by atoms with Crippen molar-refractivity contribution in [2.75, 3.05) is 0 Å². The Morgan fingerprint density at radius 1 is 1.45 bits per heavy atom. The predicted molar refractivity (Wildman–Crippen MR) is 40.7 cm³/mol. The second-order valence-electron chi connectivity index (χ2n) is 2.23. The molecule has 0 bridgehead atoms. The van der Waals surface area contributed by atoms with Crippen molar-refractivity contribution in [1.29, 1.82) is 5.53 Å². The SMILES string of the molecule is Cc1ccccc1C(=O)N=N. The summed E-state index contributed by atoms with van der Waals surface area (Å²) < 4.78 is 0. The molecule has 0 saturated heterocycles. The number of aryl methyl sites for hydroxylation is 1. The van der Waals surface area contributed by atoms with Gasteiger partial charge in [-0.2, -0.15) is 0 Å². The first-order chi connectivity index (χ1) is 5.25. The smallest absolute Gasteiger partial charge is 0.265 e. The standard InChI is InChI=1S/C8H8N2O/c1-6-4-2-3-5-7(6)8(11)10-9/h2-5,9H,1H3. The minimum absolute atomic E-state index is 0.483. The Kier molecular flexibility index (Phi) is 2.11. The summed E-state index contributed by atoms with van der Waals surface area (Å²) in [4.78, 5) is 10.9. The lowest BCUT2D eigenvalue weighted by molar-refractivity contribution is 0.0990. The number of nitrogens with zero attached hydrogens (tertiary/aromatic N) is 1. The van der Waals surface area contributed by atoms with Crippen LogP contribution < -0.4 is 0 Å². The molecular weight excluding hydrogens is 140 g/mol. The Balaban J connectivity index is 3.13. The minimum Gasteiger partial charge on any atom is -0.265 e. The first kappa shape index (κ1) is 7.60. The molecule has 0 aromatic heterocycles. The zero-order valence-corrected chi connectivity index (χ0v) is 6.16. The molecule has 3 heteroatoms. The van der Waals surface area contributed by atoms with E-state index in [0.29, 0.717) is 5.56 Å². The number of rotatable bonds is 1. The van der Waals surface area contributed by atoms with E-state index >= 15 is 0 Å². The van der Waals surface area contributed by atoms with Gasteiger partial charge in [-0.05, 0) is 18.6 Å². The summed E-state index contributed by atoms with van der Waals surface area (Å²) in [7, 11) is 0. The molecule has 1 aromatic rings. The van der Waals surface area contributed by atoms with Crippen LogP contribution in [-0.2, 0) is 0 Å². The lowest BCUT2D eigenvalue weighted by Crippen LogP contribution is -1.95. The third kappa shape index (κ3) is 1.49. The largest absolute Gasteiger partial charge is 0.295 e. The predicted octanol–water partition coefficient (Wildman–Crippen LogP) is 2.17. The number of benzene rings is 1. The van der Waals surface area contributed by atoms with Gasteiger partial charge in [-0.3, -0.25) is 4.79 Å². The van der Waals surface area contributed by atoms with Crippen LogP contribution in [0.1, 0.15) is 15.9 Å². The van der Waals surface area contributed by atoms with Gasteiger partial charge in [0.2, 0.25) is 0 Å². The zero-order valence-electron chi connectivity index (χ0n) is 6.16. The van der Waals surface area contributed by atoms with Gasteiger partial charge in [-0.15, -0.1) is 5.11 Å². The van der Waals surface area contributed by atoms with Crippen LogP contribution in [0.2, 0.25) is 0 Å². The van der Waals surface area contributed by atoms with Crippen LogP contribution in [0, 0.1) is 12.5 Å². The van der Waals surface area contributed by atoms with Gasteiger partial charge in [0.1, 0.15) is 0 Å². The molecule has 1 rings (SSSR count). The van der Waals surface area contributed by atoms with E-state index in [0.717, 1.165) is 5.56 Å². The normalized spacial score (nSPS) is 9.18. The van der Waals surface area contributed by atoms with E-state index in [4.69, 9.17) is 5.53 Å². The molecule has 1 N–H and O–H groups in total. The number of hydrogen-bond donors (Lipinski definition) is 1. The Labute approximate surface area is 64.6 Å². The molecule has 0 aliphatic carbocycles. The molecule has 0 radical (unpaired) electrons. The van der Waals surface area contributed by atoms with Crippen LogP contribution in [0.3, 0.4) is 0 Å². The molecule has 0 heterocycles. The van der Waals surface area contributed by atoms with Crippen molar-refractivity contribution in [1.82, 2.24) is 0 Å². The van der Waals surface area contributed by atoms with Crippen LogP contribution >= 0.6 is 0 Å². The van der Waals surface area contributed by atoms with Crippen LogP contribution in [0.15, 0.2) is 29.4 Å². The average Bonchev–Trinajstić information content (AvgIpc) is 2.04. The van der Waals surface area contributed by atoms with Gasteiger partial charge in [0.25, 0.3) is 5.91 Å². The second-order valence-corrected chi connectivity index (χ2v) is 2.23.